The number of carboxylic acids is 2. The van der Waals surface area contributed by atoms with Crippen LogP contribution in [0.4, 0.5) is 0 Å². The lowest BCUT2D eigenvalue weighted by Gasteiger charge is -2.20. The molecule has 2 aliphatic heterocycles. The summed E-state index contributed by atoms with van der Waals surface area (Å²) in [5, 5.41) is 28.6. The van der Waals surface area contributed by atoms with Crippen molar-refractivity contribution in [2.75, 3.05) is 0 Å². The summed E-state index contributed by atoms with van der Waals surface area (Å²) in [6.45, 7) is 2.92. The standard InChI is InChI=1S/C16H17NO7/c1-6(15(20)21)11-4-9-12(24-11)3-8-10(13(9)18)5-17(14(8)19)7(2)16(22)23/h3,6-7,11,18H,4-5H2,1-2H3,(H,20,21)(H,22,23)/t6-,7?,11?/m1/s1. The van der Waals surface area contributed by atoms with Gasteiger partial charge in [0.1, 0.15) is 23.6 Å². The Morgan fingerprint density at radius 2 is 1.92 bits per heavy atom. The molecule has 0 aliphatic carbocycles. The highest BCUT2D eigenvalue weighted by molar-refractivity contribution is 6.01. The van der Waals surface area contributed by atoms with Crippen LogP contribution in [0.25, 0.3) is 0 Å². The summed E-state index contributed by atoms with van der Waals surface area (Å²) in [5.41, 5.74) is 1.02. The Balaban J connectivity index is 1.94. The number of nitrogens with zero attached hydrogens (tertiary/aromatic N) is 1. The SMILES string of the molecule is CC(C(=O)O)N1Cc2c(cc3c(c2O)CC([C@@H](C)C(=O)O)O3)C1=O. The average molecular weight is 335 g/mol. The first-order valence-electron chi connectivity index (χ1n) is 7.53. The van der Waals surface area contributed by atoms with Crippen LogP contribution in [0.3, 0.4) is 0 Å². The molecule has 3 atom stereocenters. The van der Waals surface area contributed by atoms with Crippen LogP contribution >= 0.6 is 0 Å². The van der Waals surface area contributed by atoms with Gasteiger partial charge in [-0.15, -0.1) is 0 Å². The van der Waals surface area contributed by atoms with Gasteiger partial charge in [-0.3, -0.25) is 9.59 Å². The zero-order valence-electron chi connectivity index (χ0n) is 13.1. The number of carbonyl (C=O) groups is 3. The molecule has 2 unspecified atom stereocenters. The number of hydrogen-bond donors (Lipinski definition) is 3. The summed E-state index contributed by atoms with van der Waals surface area (Å²) >= 11 is 0. The number of hydrogen-bond acceptors (Lipinski definition) is 5. The zero-order chi connectivity index (χ0) is 17.8. The van der Waals surface area contributed by atoms with Gasteiger partial charge in [-0.2, -0.15) is 0 Å². The fraction of sp³-hybridized carbons (Fsp3) is 0.438. The van der Waals surface area contributed by atoms with Crippen molar-refractivity contribution in [2.45, 2.75) is 39.0 Å². The van der Waals surface area contributed by atoms with Gasteiger partial charge < -0.3 is 25.0 Å². The molecule has 0 saturated carbocycles. The molecule has 1 aromatic rings. The molecule has 1 aromatic carbocycles. The first kappa shape index (κ1) is 16.1. The lowest BCUT2D eigenvalue weighted by Crippen LogP contribution is -2.38. The molecule has 2 heterocycles. The Hall–Kier alpha value is -2.77. The van der Waals surface area contributed by atoms with E-state index in [1.54, 1.807) is 0 Å². The summed E-state index contributed by atoms with van der Waals surface area (Å²) in [6, 6.07) is 0.454. The molecule has 0 radical (unpaired) electrons. The van der Waals surface area contributed by atoms with Crippen LogP contribution in [-0.4, -0.2) is 50.2 Å². The van der Waals surface area contributed by atoms with Gasteiger partial charge in [0.2, 0.25) is 0 Å². The molecular weight excluding hydrogens is 318 g/mol. The molecular formula is C16H17NO7. The van der Waals surface area contributed by atoms with Crippen LogP contribution < -0.4 is 4.74 Å². The highest BCUT2D eigenvalue weighted by Gasteiger charge is 2.40. The molecule has 2 aliphatic rings. The average Bonchev–Trinajstić information content (AvgIpc) is 3.09. The molecule has 0 spiro atoms. The van der Waals surface area contributed by atoms with Gasteiger partial charge >= 0.3 is 11.9 Å². The largest absolute Gasteiger partial charge is 0.507 e. The van der Waals surface area contributed by atoms with E-state index in [1.807, 2.05) is 0 Å². The third kappa shape index (κ3) is 2.26. The van der Waals surface area contributed by atoms with Crippen LogP contribution in [0, 0.1) is 5.92 Å². The monoisotopic (exact) mass is 335 g/mol. The number of phenolic OH excluding ortho intramolecular Hbond substituents is 1. The maximum atomic E-state index is 12.4. The van der Waals surface area contributed by atoms with E-state index in [0.717, 1.165) is 0 Å². The Morgan fingerprint density at radius 1 is 1.25 bits per heavy atom. The fourth-order valence-electron chi connectivity index (χ4n) is 3.07. The van der Waals surface area contributed by atoms with Crippen LogP contribution in [0.15, 0.2) is 6.07 Å². The minimum absolute atomic E-state index is 0.000102. The van der Waals surface area contributed by atoms with E-state index in [9.17, 15) is 19.5 Å². The number of rotatable bonds is 4. The molecule has 0 saturated heterocycles. The summed E-state index contributed by atoms with van der Waals surface area (Å²) in [5.74, 6) is -3.21. The number of aromatic hydroxyl groups is 1. The van der Waals surface area contributed by atoms with Crippen molar-refractivity contribution < 1.29 is 34.4 Å². The minimum atomic E-state index is -1.13. The van der Waals surface area contributed by atoms with E-state index in [-0.39, 0.29) is 30.0 Å². The van der Waals surface area contributed by atoms with Crippen LogP contribution in [0.5, 0.6) is 11.5 Å². The topological polar surface area (TPSA) is 124 Å². The molecule has 128 valence electrons. The first-order chi connectivity index (χ1) is 11.2. The molecule has 3 N–H and O–H groups in total. The smallest absolute Gasteiger partial charge is 0.326 e. The number of carbonyl (C=O) groups excluding carboxylic acids is 1. The maximum Gasteiger partial charge on any atom is 0.326 e. The molecule has 8 nitrogen and oxygen atoms in total. The number of ether oxygens (including phenoxy) is 1. The summed E-state index contributed by atoms with van der Waals surface area (Å²) in [6.07, 6.45) is -0.389. The maximum absolute atomic E-state index is 12.4. The lowest BCUT2D eigenvalue weighted by molar-refractivity contribution is -0.144. The predicted octanol–water partition coefficient (Wildman–Crippen LogP) is 0.845. The molecule has 0 bridgehead atoms. The quantitative estimate of drug-likeness (QED) is 0.745. The summed E-state index contributed by atoms with van der Waals surface area (Å²) < 4.78 is 5.60. The number of fused-ring (bicyclic) bond motifs is 2. The van der Waals surface area contributed by atoms with Crippen molar-refractivity contribution in [3.8, 4) is 11.5 Å². The van der Waals surface area contributed by atoms with Crippen molar-refractivity contribution in [3.05, 3.63) is 22.8 Å². The van der Waals surface area contributed by atoms with Crippen molar-refractivity contribution in [1.29, 1.82) is 0 Å². The second kappa shape index (κ2) is 5.40. The first-order valence-corrected chi connectivity index (χ1v) is 7.53. The number of benzene rings is 1. The predicted molar refractivity (Wildman–Crippen MR) is 80.0 cm³/mol. The molecule has 1 amide bonds. The van der Waals surface area contributed by atoms with E-state index in [2.05, 4.69) is 0 Å². The van der Waals surface area contributed by atoms with E-state index in [0.29, 0.717) is 11.1 Å². The third-order valence-electron chi connectivity index (χ3n) is 4.75. The Bertz CT molecular complexity index is 757. The van der Waals surface area contributed by atoms with Gasteiger partial charge in [0, 0.05) is 17.5 Å². The van der Waals surface area contributed by atoms with E-state index in [4.69, 9.17) is 14.9 Å². The van der Waals surface area contributed by atoms with Crippen LogP contribution in [0.1, 0.15) is 35.3 Å². The third-order valence-corrected chi connectivity index (χ3v) is 4.75. The lowest BCUT2D eigenvalue weighted by atomic mass is 9.97. The molecule has 3 rings (SSSR count). The van der Waals surface area contributed by atoms with Gasteiger partial charge in [0.15, 0.2) is 0 Å². The fourth-order valence-corrected chi connectivity index (χ4v) is 3.07. The normalized spacial score (nSPS) is 21.0. The number of phenols is 1. The van der Waals surface area contributed by atoms with Crippen molar-refractivity contribution in [2.24, 2.45) is 5.92 Å². The Kier molecular flexibility index (Phi) is 3.62. The van der Waals surface area contributed by atoms with Crippen molar-refractivity contribution in [3.63, 3.8) is 0 Å². The van der Waals surface area contributed by atoms with Gasteiger partial charge in [-0.05, 0) is 19.9 Å². The highest BCUT2D eigenvalue weighted by atomic mass is 16.5. The summed E-state index contributed by atoms with van der Waals surface area (Å²) in [7, 11) is 0. The highest BCUT2D eigenvalue weighted by Crippen LogP contribution is 2.44. The van der Waals surface area contributed by atoms with Gasteiger partial charge in [0.05, 0.1) is 18.0 Å². The van der Waals surface area contributed by atoms with E-state index in [1.165, 1.54) is 24.8 Å². The zero-order valence-corrected chi connectivity index (χ0v) is 13.1. The van der Waals surface area contributed by atoms with Gasteiger partial charge in [-0.1, -0.05) is 0 Å². The second-order valence-corrected chi connectivity index (χ2v) is 6.16. The molecule has 0 aromatic heterocycles. The number of aliphatic carboxylic acids is 2. The van der Waals surface area contributed by atoms with Crippen molar-refractivity contribution in [1.82, 2.24) is 4.90 Å². The van der Waals surface area contributed by atoms with Gasteiger partial charge in [0.25, 0.3) is 5.91 Å². The van der Waals surface area contributed by atoms with Crippen LogP contribution in [0.2, 0.25) is 0 Å². The number of amides is 1. The summed E-state index contributed by atoms with van der Waals surface area (Å²) in [4.78, 5) is 35.8. The number of carboxylic acid groups (broad SMARTS) is 2. The van der Waals surface area contributed by atoms with E-state index < -0.39 is 35.9 Å². The Labute approximate surface area is 137 Å². The van der Waals surface area contributed by atoms with E-state index >= 15 is 0 Å². The molecule has 0 fully saturated rings. The van der Waals surface area contributed by atoms with Gasteiger partial charge in [-0.25, -0.2) is 4.79 Å². The minimum Gasteiger partial charge on any atom is -0.507 e. The molecule has 24 heavy (non-hydrogen) atoms. The van der Waals surface area contributed by atoms with Crippen molar-refractivity contribution >= 4 is 17.8 Å². The Morgan fingerprint density at radius 3 is 2.50 bits per heavy atom. The molecule has 8 heteroatoms. The second-order valence-electron chi connectivity index (χ2n) is 6.16. The van der Waals surface area contributed by atoms with Crippen LogP contribution in [-0.2, 0) is 22.6 Å².